The third kappa shape index (κ3) is 6.41. The minimum Gasteiger partial charge on any atom is -0.497 e. The molecule has 0 fully saturated rings. The number of likely N-dealkylation sites (N-methyl/N-ethyl adjacent to an activating group) is 1. The van der Waals surface area contributed by atoms with Crippen molar-refractivity contribution in [2.45, 2.75) is 19.8 Å². The molecule has 0 aliphatic rings. The van der Waals surface area contributed by atoms with Gasteiger partial charge in [-0.05, 0) is 43.2 Å². The van der Waals surface area contributed by atoms with Gasteiger partial charge in [0.2, 0.25) is 11.8 Å². The number of nitrogens with zero attached hydrogens (tertiary/aromatic N) is 1. The Morgan fingerprint density at radius 1 is 0.966 bits per heavy atom. The van der Waals surface area contributed by atoms with Crippen molar-refractivity contribution in [3.8, 4) is 17.2 Å². The number of benzene rings is 2. The van der Waals surface area contributed by atoms with Crippen molar-refractivity contribution in [2.75, 3.05) is 39.7 Å². The molecule has 1 N–H and O–H groups in total. The summed E-state index contributed by atoms with van der Waals surface area (Å²) in [5, 5.41) is 2.79. The van der Waals surface area contributed by atoms with Crippen LogP contribution >= 0.6 is 0 Å². The Kier molecular flexibility index (Phi) is 8.33. The SMILES string of the molecule is CCN(CC(=O)Nc1cccc(OC)c1)C(=O)CCc1ccc(OC)c(OC)c1. The highest BCUT2D eigenvalue weighted by Crippen LogP contribution is 2.28. The van der Waals surface area contributed by atoms with Crippen LogP contribution in [0.4, 0.5) is 5.69 Å². The molecule has 0 aliphatic carbocycles. The highest BCUT2D eigenvalue weighted by atomic mass is 16.5. The molecule has 0 atom stereocenters. The van der Waals surface area contributed by atoms with E-state index in [2.05, 4.69) is 5.32 Å². The third-order valence-electron chi connectivity index (χ3n) is 4.50. The van der Waals surface area contributed by atoms with Gasteiger partial charge in [0.05, 0.1) is 27.9 Å². The lowest BCUT2D eigenvalue weighted by Gasteiger charge is -2.20. The molecule has 7 nitrogen and oxygen atoms in total. The van der Waals surface area contributed by atoms with E-state index < -0.39 is 0 Å². The quantitative estimate of drug-likeness (QED) is 0.663. The van der Waals surface area contributed by atoms with E-state index in [1.54, 1.807) is 45.6 Å². The van der Waals surface area contributed by atoms with Gasteiger partial charge in [-0.3, -0.25) is 9.59 Å². The Morgan fingerprint density at radius 2 is 1.72 bits per heavy atom. The zero-order valence-electron chi connectivity index (χ0n) is 17.4. The largest absolute Gasteiger partial charge is 0.497 e. The van der Waals surface area contributed by atoms with Crippen LogP contribution in [0.2, 0.25) is 0 Å². The number of hydrogen-bond donors (Lipinski definition) is 1. The summed E-state index contributed by atoms with van der Waals surface area (Å²) in [5.41, 5.74) is 1.59. The predicted octanol–water partition coefficient (Wildman–Crippen LogP) is 3.13. The molecule has 0 saturated heterocycles. The van der Waals surface area contributed by atoms with E-state index in [4.69, 9.17) is 14.2 Å². The van der Waals surface area contributed by atoms with Gasteiger partial charge in [-0.2, -0.15) is 0 Å². The molecular weight excluding hydrogens is 372 g/mol. The van der Waals surface area contributed by atoms with Crippen LogP contribution in [-0.2, 0) is 16.0 Å². The lowest BCUT2D eigenvalue weighted by atomic mass is 10.1. The zero-order chi connectivity index (χ0) is 21.2. The predicted molar refractivity (Wildman–Crippen MR) is 112 cm³/mol. The molecule has 0 aromatic heterocycles. The minimum atomic E-state index is -0.250. The van der Waals surface area contributed by atoms with Gasteiger partial charge >= 0.3 is 0 Å². The van der Waals surface area contributed by atoms with Crippen LogP contribution < -0.4 is 19.5 Å². The second kappa shape index (κ2) is 10.9. The van der Waals surface area contributed by atoms with Crippen molar-refractivity contribution >= 4 is 17.5 Å². The van der Waals surface area contributed by atoms with Gasteiger partial charge in [0.1, 0.15) is 5.75 Å². The van der Waals surface area contributed by atoms with Gasteiger partial charge < -0.3 is 24.4 Å². The highest BCUT2D eigenvalue weighted by molar-refractivity contribution is 5.94. The first kappa shape index (κ1) is 22.1. The average molecular weight is 400 g/mol. The summed E-state index contributed by atoms with van der Waals surface area (Å²) < 4.78 is 15.7. The smallest absolute Gasteiger partial charge is 0.243 e. The summed E-state index contributed by atoms with van der Waals surface area (Å²) in [7, 11) is 4.72. The first-order valence-corrected chi connectivity index (χ1v) is 9.43. The number of aryl methyl sites for hydroxylation is 1. The van der Waals surface area contributed by atoms with Crippen LogP contribution in [-0.4, -0.2) is 51.1 Å². The molecular formula is C22H28N2O5. The molecule has 7 heteroatoms. The molecule has 0 unspecified atom stereocenters. The average Bonchev–Trinajstić information content (AvgIpc) is 2.75. The number of hydrogen-bond acceptors (Lipinski definition) is 5. The summed E-state index contributed by atoms with van der Waals surface area (Å²) in [4.78, 5) is 26.5. The van der Waals surface area contributed by atoms with Gasteiger partial charge in [-0.1, -0.05) is 12.1 Å². The van der Waals surface area contributed by atoms with Gasteiger partial charge in [-0.25, -0.2) is 0 Å². The number of ether oxygens (including phenoxy) is 3. The van der Waals surface area contributed by atoms with Gasteiger partial charge in [-0.15, -0.1) is 0 Å². The Bertz CT molecular complexity index is 838. The van der Waals surface area contributed by atoms with Crippen molar-refractivity contribution in [2.24, 2.45) is 0 Å². The molecule has 2 aromatic carbocycles. The Balaban J connectivity index is 1.91. The molecule has 0 aliphatic heterocycles. The van der Waals surface area contributed by atoms with Crippen molar-refractivity contribution in [3.63, 3.8) is 0 Å². The van der Waals surface area contributed by atoms with Crippen LogP contribution in [0.1, 0.15) is 18.9 Å². The zero-order valence-corrected chi connectivity index (χ0v) is 17.4. The standard InChI is InChI=1S/C22H28N2O5/c1-5-24(15-21(25)23-17-7-6-8-18(14-17)27-2)22(26)12-10-16-9-11-19(28-3)20(13-16)29-4/h6-9,11,13-14H,5,10,12,15H2,1-4H3,(H,23,25). The fourth-order valence-corrected chi connectivity index (χ4v) is 2.90. The topological polar surface area (TPSA) is 77.1 Å². The summed E-state index contributed by atoms with van der Waals surface area (Å²) >= 11 is 0. The molecule has 2 amide bonds. The molecule has 29 heavy (non-hydrogen) atoms. The number of anilines is 1. The molecule has 0 radical (unpaired) electrons. The molecule has 0 spiro atoms. The number of amides is 2. The molecule has 0 saturated carbocycles. The van der Waals surface area contributed by atoms with Crippen LogP contribution in [0.15, 0.2) is 42.5 Å². The fraction of sp³-hybridized carbons (Fsp3) is 0.364. The van der Waals surface area contributed by atoms with Gasteiger partial charge in [0.15, 0.2) is 11.5 Å². The van der Waals surface area contributed by atoms with E-state index >= 15 is 0 Å². The first-order valence-electron chi connectivity index (χ1n) is 9.43. The Hall–Kier alpha value is -3.22. The summed E-state index contributed by atoms with van der Waals surface area (Å²) in [5.74, 6) is 1.60. The van der Waals surface area contributed by atoms with Crippen molar-refractivity contribution < 1.29 is 23.8 Å². The molecule has 0 bridgehead atoms. The maximum atomic E-state index is 12.6. The number of rotatable bonds is 10. The van der Waals surface area contributed by atoms with E-state index in [1.807, 2.05) is 25.1 Å². The van der Waals surface area contributed by atoms with Crippen LogP contribution in [0.5, 0.6) is 17.2 Å². The maximum Gasteiger partial charge on any atom is 0.243 e. The fourth-order valence-electron chi connectivity index (χ4n) is 2.90. The normalized spacial score (nSPS) is 10.2. The van der Waals surface area contributed by atoms with Gasteiger partial charge in [0, 0.05) is 24.7 Å². The number of carbonyl (C=O) groups is 2. The van der Waals surface area contributed by atoms with E-state index in [1.165, 1.54) is 4.90 Å². The lowest BCUT2D eigenvalue weighted by molar-refractivity contribution is -0.134. The van der Waals surface area contributed by atoms with Gasteiger partial charge in [0.25, 0.3) is 0 Å². The van der Waals surface area contributed by atoms with Crippen LogP contribution in [0.3, 0.4) is 0 Å². The molecule has 0 heterocycles. The number of nitrogens with one attached hydrogen (secondary N) is 1. The van der Waals surface area contributed by atoms with Crippen molar-refractivity contribution in [1.29, 1.82) is 0 Å². The maximum absolute atomic E-state index is 12.6. The lowest BCUT2D eigenvalue weighted by Crippen LogP contribution is -2.38. The van der Waals surface area contributed by atoms with E-state index in [0.29, 0.717) is 42.3 Å². The van der Waals surface area contributed by atoms with Crippen LogP contribution in [0.25, 0.3) is 0 Å². The second-order valence-corrected chi connectivity index (χ2v) is 6.38. The molecule has 2 rings (SSSR count). The molecule has 2 aromatic rings. The van der Waals surface area contributed by atoms with Crippen LogP contribution in [0, 0.1) is 0 Å². The summed E-state index contributed by atoms with van der Waals surface area (Å²) in [6.45, 7) is 2.31. The minimum absolute atomic E-state index is 0.00151. The first-order chi connectivity index (χ1) is 14.0. The highest BCUT2D eigenvalue weighted by Gasteiger charge is 2.16. The molecule has 156 valence electrons. The summed E-state index contributed by atoms with van der Waals surface area (Å²) in [6.07, 6.45) is 0.850. The van der Waals surface area contributed by atoms with E-state index in [9.17, 15) is 9.59 Å². The summed E-state index contributed by atoms with van der Waals surface area (Å²) in [6, 6.07) is 12.7. The third-order valence-corrected chi connectivity index (χ3v) is 4.50. The van der Waals surface area contributed by atoms with E-state index in [-0.39, 0.29) is 18.4 Å². The number of carbonyl (C=O) groups excluding carboxylic acids is 2. The second-order valence-electron chi connectivity index (χ2n) is 6.38. The Morgan fingerprint density at radius 3 is 2.38 bits per heavy atom. The Labute approximate surface area is 171 Å². The van der Waals surface area contributed by atoms with Crippen molar-refractivity contribution in [3.05, 3.63) is 48.0 Å². The number of methoxy groups -OCH3 is 3. The monoisotopic (exact) mass is 400 g/mol. The van der Waals surface area contributed by atoms with E-state index in [0.717, 1.165) is 5.56 Å². The van der Waals surface area contributed by atoms with Crippen molar-refractivity contribution in [1.82, 2.24) is 4.90 Å².